The fraction of sp³-hybridized carbons (Fsp3) is 0.875. The minimum atomic E-state index is -0.281. The van der Waals surface area contributed by atoms with E-state index in [1.54, 1.807) is 0 Å². The van der Waals surface area contributed by atoms with Gasteiger partial charge >= 0.3 is 11.9 Å². The molecule has 1 unspecified atom stereocenters. The topological polar surface area (TPSA) is 82.6 Å². The number of rotatable bonds is 20. The van der Waals surface area contributed by atoms with Crippen molar-refractivity contribution in [2.45, 2.75) is 53.0 Å². The van der Waals surface area contributed by atoms with Crippen LogP contribution >= 0.6 is 0 Å². The summed E-state index contributed by atoms with van der Waals surface area (Å²) in [4.78, 5) is 44.7. The predicted molar refractivity (Wildman–Crippen MR) is 131 cm³/mol. The van der Waals surface area contributed by atoms with Crippen molar-refractivity contribution < 1.29 is 23.9 Å². The van der Waals surface area contributed by atoms with Gasteiger partial charge < -0.3 is 14.4 Å². The average molecular weight is 473 g/mol. The summed E-state index contributed by atoms with van der Waals surface area (Å²) >= 11 is 0. The standard InChI is InChI=1S/C24H48N4O5/c1-8-11-12-22(29)21(4)28(17-13-25(5)19-23(30)32-6)18-16-27(20-24(31)33-7)15-14-26(9-2)10-3/h21H,8-20H2,1-7H3. The molecule has 0 radical (unpaired) electrons. The first-order valence-electron chi connectivity index (χ1n) is 12.3. The van der Waals surface area contributed by atoms with Crippen LogP contribution in [0.1, 0.15) is 47.0 Å². The van der Waals surface area contributed by atoms with Crippen molar-refractivity contribution in [3.8, 4) is 0 Å². The highest BCUT2D eigenvalue weighted by Crippen LogP contribution is 2.08. The maximum atomic E-state index is 12.7. The number of ether oxygens (including phenoxy) is 2. The predicted octanol–water partition coefficient (Wildman–Crippen LogP) is 1.36. The Balaban J connectivity index is 5.19. The summed E-state index contributed by atoms with van der Waals surface area (Å²) in [5.41, 5.74) is 0. The van der Waals surface area contributed by atoms with Gasteiger partial charge in [-0.25, -0.2) is 0 Å². The molecule has 1 atom stereocenters. The molecule has 0 aliphatic heterocycles. The molecule has 0 aromatic heterocycles. The second-order valence-corrected chi connectivity index (χ2v) is 8.47. The van der Waals surface area contributed by atoms with Crippen molar-refractivity contribution in [1.29, 1.82) is 0 Å². The van der Waals surface area contributed by atoms with E-state index in [4.69, 9.17) is 9.47 Å². The lowest BCUT2D eigenvalue weighted by molar-refractivity contribution is -0.142. The van der Waals surface area contributed by atoms with Crippen molar-refractivity contribution in [3.05, 3.63) is 0 Å². The van der Waals surface area contributed by atoms with Crippen LogP contribution in [0.25, 0.3) is 0 Å². The average Bonchev–Trinajstić information content (AvgIpc) is 2.81. The molecule has 33 heavy (non-hydrogen) atoms. The largest absolute Gasteiger partial charge is 0.468 e. The van der Waals surface area contributed by atoms with Gasteiger partial charge in [-0.05, 0) is 33.5 Å². The van der Waals surface area contributed by atoms with Gasteiger partial charge in [-0.2, -0.15) is 0 Å². The Kier molecular flexibility index (Phi) is 17.9. The molecule has 0 N–H and O–H groups in total. The Hall–Kier alpha value is -1.55. The van der Waals surface area contributed by atoms with E-state index in [9.17, 15) is 14.4 Å². The van der Waals surface area contributed by atoms with E-state index in [2.05, 4.69) is 35.5 Å². The maximum Gasteiger partial charge on any atom is 0.319 e. The summed E-state index contributed by atoms with van der Waals surface area (Å²) in [5, 5.41) is 0. The summed E-state index contributed by atoms with van der Waals surface area (Å²) in [6.07, 6.45) is 2.44. The Labute approximate surface area is 201 Å². The normalized spacial score (nSPS) is 12.6. The molecule has 0 aliphatic rings. The Morgan fingerprint density at radius 3 is 1.82 bits per heavy atom. The van der Waals surface area contributed by atoms with Crippen molar-refractivity contribution in [2.24, 2.45) is 0 Å². The first-order valence-corrected chi connectivity index (χ1v) is 12.3. The second-order valence-electron chi connectivity index (χ2n) is 8.47. The summed E-state index contributed by atoms with van der Waals surface area (Å²) < 4.78 is 9.64. The van der Waals surface area contributed by atoms with E-state index >= 15 is 0 Å². The molecule has 0 aliphatic carbocycles. The molecular formula is C24H48N4O5. The van der Waals surface area contributed by atoms with Crippen LogP contribution in [0, 0.1) is 0 Å². The molecule has 0 spiro atoms. The lowest BCUT2D eigenvalue weighted by Crippen LogP contribution is -2.48. The SMILES string of the molecule is CCCCC(=O)C(C)N(CCN(C)CC(=O)OC)CCN(CCN(CC)CC)CC(=O)OC. The quantitative estimate of drug-likeness (QED) is 0.244. The zero-order valence-electron chi connectivity index (χ0n) is 22.1. The first kappa shape index (κ1) is 31.4. The number of carbonyl (C=O) groups excluding carboxylic acids is 3. The fourth-order valence-corrected chi connectivity index (χ4v) is 3.54. The maximum absolute atomic E-state index is 12.7. The van der Waals surface area contributed by atoms with Crippen molar-refractivity contribution in [2.75, 3.05) is 86.7 Å². The minimum Gasteiger partial charge on any atom is -0.468 e. The van der Waals surface area contributed by atoms with Crippen LogP contribution in [0.3, 0.4) is 0 Å². The van der Waals surface area contributed by atoms with E-state index in [0.29, 0.717) is 32.6 Å². The van der Waals surface area contributed by atoms with Gasteiger partial charge in [-0.1, -0.05) is 27.2 Å². The molecular weight excluding hydrogens is 424 g/mol. The molecule has 0 fully saturated rings. The summed E-state index contributed by atoms with van der Waals surface area (Å²) in [7, 11) is 4.65. The number of carbonyl (C=O) groups is 3. The van der Waals surface area contributed by atoms with E-state index < -0.39 is 0 Å². The van der Waals surface area contributed by atoms with Crippen LogP contribution in [0.4, 0.5) is 0 Å². The molecule has 0 aromatic rings. The number of unbranched alkanes of at least 4 members (excludes halogenated alkanes) is 1. The molecule has 0 aromatic carbocycles. The highest BCUT2D eigenvalue weighted by molar-refractivity contribution is 5.83. The van der Waals surface area contributed by atoms with Crippen molar-refractivity contribution >= 4 is 17.7 Å². The van der Waals surface area contributed by atoms with Gasteiger partial charge in [0, 0.05) is 45.7 Å². The van der Waals surface area contributed by atoms with Gasteiger partial charge in [-0.3, -0.25) is 29.1 Å². The molecule has 9 nitrogen and oxygen atoms in total. The number of esters is 2. The van der Waals surface area contributed by atoms with Gasteiger partial charge in [0.1, 0.15) is 5.78 Å². The van der Waals surface area contributed by atoms with Crippen LogP contribution in [0.2, 0.25) is 0 Å². The van der Waals surface area contributed by atoms with E-state index in [-0.39, 0.29) is 36.9 Å². The number of hydrogen-bond donors (Lipinski definition) is 0. The number of ketones is 1. The molecule has 0 saturated heterocycles. The summed E-state index contributed by atoms with van der Waals surface area (Å²) in [6, 6.07) is -0.217. The fourth-order valence-electron chi connectivity index (χ4n) is 3.54. The highest BCUT2D eigenvalue weighted by atomic mass is 16.5. The summed E-state index contributed by atoms with van der Waals surface area (Å²) in [5.74, 6) is -0.308. The van der Waals surface area contributed by atoms with Crippen molar-refractivity contribution in [3.63, 3.8) is 0 Å². The number of hydrogen-bond acceptors (Lipinski definition) is 9. The third-order valence-corrected chi connectivity index (χ3v) is 6.10. The molecule has 194 valence electrons. The highest BCUT2D eigenvalue weighted by Gasteiger charge is 2.23. The molecule has 0 amide bonds. The van der Waals surface area contributed by atoms with E-state index in [0.717, 1.165) is 39.0 Å². The Morgan fingerprint density at radius 1 is 0.758 bits per heavy atom. The van der Waals surface area contributed by atoms with Crippen LogP contribution in [-0.2, 0) is 23.9 Å². The zero-order valence-corrected chi connectivity index (χ0v) is 22.1. The second kappa shape index (κ2) is 18.8. The van der Waals surface area contributed by atoms with E-state index in [1.807, 2.05) is 18.9 Å². The minimum absolute atomic E-state index is 0.209. The number of nitrogens with zero attached hydrogens (tertiary/aromatic N) is 4. The molecule has 0 bridgehead atoms. The summed E-state index contributed by atoms with van der Waals surface area (Å²) in [6.45, 7) is 14.9. The van der Waals surface area contributed by atoms with E-state index in [1.165, 1.54) is 14.2 Å². The van der Waals surface area contributed by atoms with Crippen LogP contribution < -0.4 is 0 Å². The van der Waals surface area contributed by atoms with Gasteiger partial charge in [0.25, 0.3) is 0 Å². The van der Waals surface area contributed by atoms with Gasteiger partial charge in [0.05, 0.1) is 33.4 Å². The lowest BCUT2D eigenvalue weighted by atomic mass is 10.1. The molecule has 0 saturated carbocycles. The number of methoxy groups -OCH3 is 2. The van der Waals surface area contributed by atoms with Gasteiger partial charge in [0.2, 0.25) is 0 Å². The monoisotopic (exact) mass is 472 g/mol. The first-order chi connectivity index (χ1) is 15.7. The molecule has 0 heterocycles. The Bertz CT molecular complexity index is 557. The van der Waals surface area contributed by atoms with Crippen LogP contribution in [0.15, 0.2) is 0 Å². The lowest BCUT2D eigenvalue weighted by Gasteiger charge is -2.32. The number of Topliss-reactive ketones (excluding diaryl/α,β-unsaturated/α-hetero) is 1. The third kappa shape index (κ3) is 14.3. The van der Waals surface area contributed by atoms with Gasteiger partial charge in [-0.15, -0.1) is 0 Å². The van der Waals surface area contributed by atoms with Crippen LogP contribution in [0.5, 0.6) is 0 Å². The third-order valence-electron chi connectivity index (χ3n) is 6.10. The molecule has 0 rings (SSSR count). The molecule has 9 heteroatoms. The number of likely N-dealkylation sites (N-methyl/N-ethyl adjacent to an activating group) is 2. The zero-order chi connectivity index (χ0) is 25.2. The smallest absolute Gasteiger partial charge is 0.319 e. The van der Waals surface area contributed by atoms with Crippen molar-refractivity contribution in [1.82, 2.24) is 19.6 Å². The van der Waals surface area contributed by atoms with Crippen LogP contribution in [-0.4, -0.2) is 130 Å². The van der Waals surface area contributed by atoms with Gasteiger partial charge in [0.15, 0.2) is 0 Å². The Morgan fingerprint density at radius 2 is 1.27 bits per heavy atom.